The predicted molar refractivity (Wildman–Crippen MR) is 59.3 cm³/mol. The summed E-state index contributed by atoms with van der Waals surface area (Å²) in [5.74, 6) is 1.66. The molecule has 14 heavy (non-hydrogen) atoms. The molecule has 0 spiro atoms. The largest absolute Gasteiger partial charge is 0.316 e. The summed E-state index contributed by atoms with van der Waals surface area (Å²) in [5.41, 5.74) is 1.89. The van der Waals surface area contributed by atoms with E-state index in [4.69, 9.17) is 0 Å². The Morgan fingerprint density at radius 2 is 2.57 bits per heavy atom. The summed E-state index contributed by atoms with van der Waals surface area (Å²) in [4.78, 5) is 5.37. The number of hydrogen-bond donors (Lipinski definition) is 2. The van der Waals surface area contributed by atoms with Crippen LogP contribution in [0.2, 0.25) is 0 Å². The predicted octanol–water partition coefficient (Wildman–Crippen LogP) is 1.09. The first-order valence-corrected chi connectivity index (χ1v) is 6.03. The van der Waals surface area contributed by atoms with Gasteiger partial charge in [-0.15, -0.1) is 11.3 Å². The lowest BCUT2D eigenvalue weighted by Crippen LogP contribution is -2.47. The lowest BCUT2D eigenvalue weighted by Gasteiger charge is -2.32. The molecular weight excluding hydrogens is 194 g/mol. The van der Waals surface area contributed by atoms with Gasteiger partial charge in [0.15, 0.2) is 0 Å². The summed E-state index contributed by atoms with van der Waals surface area (Å²) in [5, 5.41) is 6.79. The maximum absolute atomic E-state index is 4.05. The fraction of sp³-hybridized carbons (Fsp3) is 0.700. The molecule has 1 aliphatic rings. The van der Waals surface area contributed by atoms with E-state index in [2.05, 4.69) is 22.5 Å². The third-order valence-electron chi connectivity index (χ3n) is 2.87. The summed E-state index contributed by atoms with van der Waals surface area (Å²) in [6, 6.07) is 0. The van der Waals surface area contributed by atoms with Gasteiger partial charge in [-0.1, -0.05) is 6.92 Å². The van der Waals surface area contributed by atoms with Crippen LogP contribution < -0.4 is 10.6 Å². The second kappa shape index (κ2) is 4.87. The fourth-order valence-corrected chi connectivity index (χ4v) is 2.20. The van der Waals surface area contributed by atoms with Crippen molar-refractivity contribution in [2.45, 2.75) is 13.5 Å². The van der Waals surface area contributed by atoms with E-state index in [0.717, 1.165) is 24.9 Å². The highest BCUT2D eigenvalue weighted by Crippen LogP contribution is 2.15. The van der Waals surface area contributed by atoms with Gasteiger partial charge in [-0.05, 0) is 31.5 Å². The van der Waals surface area contributed by atoms with Crippen molar-refractivity contribution in [2.24, 2.45) is 11.8 Å². The summed E-state index contributed by atoms with van der Waals surface area (Å²) in [7, 11) is 0. The average Bonchev–Trinajstić information content (AvgIpc) is 2.53. The second-order valence-corrected chi connectivity index (χ2v) is 4.97. The Morgan fingerprint density at radius 3 is 3.14 bits per heavy atom. The molecule has 1 atom stereocenters. The molecule has 0 radical (unpaired) electrons. The van der Waals surface area contributed by atoms with E-state index in [0.29, 0.717) is 0 Å². The van der Waals surface area contributed by atoms with Gasteiger partial charge in [-0.3, -0.25) is 4.98 Å². The van der Waals surface area contributed by atoms with Crippen molar-refractivity contribution < 1.29 is 0 Å². The Bertz CT molecular complexity index is 256. The Balaban J connectivity index is 1.62. The highest BCUT2D eigenvalue weighted by Gasteiger charge is 2.22. The molecule has 4 heteroatoms. The van der Waals surface area contributed by atoms with Gasteiger partial charge in [0.1, 0.15) is 0 Å². The minimum Gasteiger partial charge on any atom is -0.316 e. The molecule has 1 fully saturated rings. The molecule has 3 nitrogen and oxygen atoms in total. The minimum atomic E-state index is 0.782. The monoisotopic (exact) mass is 211 g/mol. The van der Waals surface area contributed by atoms with Crippen LogP contribution in [0.5, 0.6) is 0 Å². The Hall–Kier alpha value is -0.450. The van der Waals surface area contributed by atoms with Crippen LogP contribution >= 0.6 is 11.3 Å². The van der Waals surface area contributed by atoms with Crippen molar-refractivity contribution in [3.05, 3.63) is 16.6 Å². The summed E-state index contributed by atoms with van der Waals surface area (Å²) in [6.45, 7) is 6.80. The van der Waals surface area contributed by atoms with Gasteiger partial charge in [0.25, 0.3) is 0 Å². The topological polar surface area (TPSA) is 37.0 Å². The van der Waals surface area contributed by atoms with Crippen molar-refractivity contribution in [1.29, 1.82) is 0 Å². The number of nitrogens with zero attached hydrogens (tertiary/aromatic N) is 1. The van der Waals surface area contributed by atoms with E-state index in [9.17, 15) is 0 Å². The van der Waals surface area contributed by atoms with Crippen molar-refractivity contribution >= 4 is 11.3 Å². The summed E-state index contributed by atoms with van der Waals surface area (Å²) >= 11 is 1.72. The van der Waals surface area contributed by atoms with E-state index in [-0.39, 0.29) is 0 Å². The van der Waals surface area contributed by atoms with Gasteiger partial charge in [0.05, 0.1) is 5.51 Å². The molecule has 78 valence electrons. The molecular formula is C10H17N3S. The van der Waals surface area contributed by atoms with E-state index in [1.807, 2.05) is 11.7 Å². The molecule has 2 rings (SSSR count). The molecule has 2 N–H and O–H groups in total. The third kappa shape index (κ3) is 2.53. The molecule has 0 amide bonds. The van der Waals surface area contributed by atoms with Gasteiger partial charge in [0, 0.05) is 17.6 Å². The lowest BCUT2D eigenvalue weighted by atomic mass is 9.89. The highest BCUT2D eigenvalue weighted by atomic mass is 32.1. The minimum absolute atomic E-state index is 0.782. The zero-order valence-electron chi connectivity index (χ0n) is 8.49. The van der Waals surface area contributed by atoms with E-state index in [1.54, 1.807) is 11.3 Å². The third-order valence-corrected chi connectivity index (χ3v) is 3.65. The molecule has 1 aliphatic heterocycles. The Morgan fingerprint density at radius 1 is 1.71 bits per heavy atom. The molecule has 1 aromatic heterocycles. The van der Waals surface area contributed by atoms with E-state index < -0.39 is 0 Å². The number of nitrogens with one attached hydrogen (secondary N) is 2. The van der Waals surface area contributed by atoms with Crippen LogP contribution in [0.4, 0.5) is 0 Å². The molecule has 0 aromatic carbocycles. The fourth-order valence-electron chi connectivity index (χ4n) is 1.63. The number of aromatic nitrogens is 1. The van der Waals surface area contributed by atoms with Crippen molar-refractivity contribution in [1.82, 2.24) is 15.6 Å². The first kappa shape index (κ1) is 10.1. The molecule has 1 saturated heterocycles. The van der Waals surface area contributed by atoms with Gasteiger partial charge < -0.3 is 10.6 Å². The Labute approximate surface area is 88.9 Å². The van der Waals surface area contributed by atoms with Crippen LogP contribution in [0.25, 0.3) is 0 Å². The quantitative estimate of drug-likeness (QED) is 0.765. The maximum atomic E-state index is 4.05. The Kier molecular flexibility index (Phi) is 3.50. The number of thiazole rings is 1. The molecule has 1 aromatic rings. The van der Waals surface area contributed by atoms with Gasteiger partial charge in [0.2, 0.25) is 0 Å². The van der Waals surface area contributed by atoms with Gasteiger partial charge in [-0.25, -0.2) is 0 Å². The molecule has 0 aliphatic carbocycles. The standard InChI is InChI=1S/C10H17N3S/c1-8(9-3-12-4-9)2-11-5-10-6-13-7-14-10/h6-9,11-12H,2-5H2,1H3. The van der Waals surface area contributed by atoms with Crippen molar-refractivity contribution in [3.63, 3.8) is 0 Å². The number of hydrogen-bond acceptors (Lipinski definition) is 4. The van der Waals surface area contributed by atoms with Crippen molar-refractivity contribution in [3.8, 4) is 0 Å². The van der Waals surface area contributed by atoms with E-state index in [1.165, 1.54) is 18.0 Å². The van der Waals surface area contributed by atoms with Gasteiger partial charge >= 0.3 is 0 Å². The first-order valence-electron chi connectivity index (χ1n) is 5.15. The van der Waals surface area contributed by atoms with Crippen LogP contribution in [0.15, 0.2) is 11.7 Å². The van der Waals surface area contributed by atoms with Crippen molar-refractivity contribution in [2.75, 3.05) is 19.6 Å². The zero-order valence-corrected chi connectivity index (χ0v) is 9.31. The maximum Gasteiger partial charge on any atom is 0.0794 e. The number of rotatable bonds is 5. The molecule has 2 heterocycles. The van der Waals surface area contributed by atoms with Crippen LogP contribution in [-0.4, -0.2) is 24.6 Å². The van der Waals surface area contributed by atoms with Crippen LogP contribution in [0, 0.1) is 11.8 Å². The molecule has 0 saturated carbocycles. The normalized spacial score (nSPS) is 19.2. The van der Waals surface area contributed by atoms with Crippen LogP contribution in [-0.2, 0) is 6.54 Å². The molecule has 0 bridgehead atoms. The summed E-state index contributed by atoms with van der Waals surface area (Å²) in [6.07, 6.45) is 1.94. The highest BCUT2D eigenvalue weighted by molar-refractivity contribution is 7.09. The lowest BCUT2D eigenvalue weighted by molar-refractivity contribution is 0.242. The average molecular weight is 211 g/mol. The smallest absolute Gasteiger partial charge is 0.0794 e. The second-order valence-electron chi connectivity index (χ2n) is 3.99. The van der Waals surface area contributed by atoms with Crippen LogP contribution in [0.1, 0.15) is 11.8 Å². The molecule has 1 unspecified atom stereocenters. The van der Waals surface area contributed by atoms with E-state index >= 15 is 0 Å². The SMILES string of the molecule is CC(CNCc1cncs1)C1CNC1. The zero-order chi connectivity index (χ0) is 9.80. The van der Waals surface area contributed by atoms with Gasteiger partial charge in [-0.2, -0.15) is 0 Å². The van der Waals surface area contributed by atoms with Crippen LogP contribution in [0.3, 0.4) is 0 Å². The first-order chi connectivity index (χ1) is 6.86. The summed E-state index contributed by atoms with van der Waals surface area (Å²) < 4.78 is 0.